The molecule has 1 aromatic heterocycles. The molecule has 0 aliphatic rings. The van der Waals surface area contributed by atoms with E-state index in [0.29, 0.717) is 15.9 Å². The minimum atomic E-state index is 0.389. The summed E-state index contributed by atoms with van der Waals surface area (Å²) in [5, 5.41) is 7.96. The van der Waals surface area contributed by atoms with Gasteiger partial charge in [-0.25, -0.2) is 0 Å². The third kappa shape index (κ3) is 3.87. The first-order valence-electron chi connectivity index (χ1n) is 5.13. The van der Waals surface area contributed by atoms with Crippen molar-refractivity contribution in [3.05, 3.63) is 53.4 Å². The third-order valence-electron chi connectivity index (χ3n) is 2.00. The molecule has 0 saturated heterocycles. The number of thiocarbonyl (C=S) groups is 1. The Labute approximate surface area is 115 Å². The number of nitrogens with zero attached hydrogens (tertiary/aromatic N) is 1. The Morgan fingerprint density at radius 1 is 1.28 bits per heavy atom. The number of anilines is 1. The molecule has 0 atom stereocenters. The van der Waals surface area contributed by atoms with E-state index in [0.717, 1.165) is 5.69 Å². The molecule has 0 saturated carbocycles. The van der Waals surface area contributed by atoms with Gasteiger partial charge in [0.1, 0.15) is 5.76 Å². The van der Waals surface area contributed by atoms with Crippen molar-refractivity contribution in [2.75, 3.05) is 5.32 Å². The molecule has 0 fully saturated rings. The second-order valence-corrected chi connectivity index (χ2v) is 4.19. The van der Waals surface area contributed by atoms with Crippen molar-refractivity contribution in [1.82, 2.24) is 5.43 Å². The number of nitrogens with one attached hydrogen (secondary N) is 2. The summed E-state index contributed by atoms with van der Waals surface area (Å²) in [4.78, 5) is 0. The SMILES string of the molecule is S=C(N/N=C/c1ccco1)Nc1ccc(Cl)cc1. The van der Waals surface area contributed by atoms with E-state index in [1.54, 1.807) is 30.5 Å². The van der Waals surface area contributed by atoms with Crippen LogP contribution in [0.25, 0.3) is 0 Å². The quantitative estimate of drug-likeness (QED) is 0.514. The van der Waals surface area contributed by atoms with Crippen LogP contribution in [0.1, 0.15) is 5.76 Å². The first-order chi connectivity index (χ1) is 8.74. The van der Waals surface area contributed by atoms with Crippen molar-refractivity contribution in [3.8, 4) is 0 Å². The molecule has 0 amide bonds. The van der Waals surface area contributed by atoms with Crippen molar-refractivity contribution in [3.63, 3.8) is 0 Å². The highest BCUT2D eigenvalue weighted by Crippen LogP contribution is 2.12. The second-order valence-electron chi connectivity index (χ2n) is 3.35. The summed E-state index contributed by atoms with van der Waals surface area (Å²) in [6, 6.07) is 10.8. The van der Waals surface area contributed by atoms with Crippen LogP contribution in [-0.4, -0.2) is 11.3 Å². The van der Waals surface area contributed by atoms with Gasteiger partial charge < -0.3 is 9.73 Å². The number of halogens is 1. The fourth-order valence-corrected chi connectivity index (χ4v) is 1.51. The van der Waals surface area contributed by atoms with E-state index >= 15 is 0 Å². The van der Waals surface area contributed by atoms with E-state index in [2.05, 4.69) is 15.8 Å². The molecule has 1 heterocycles. The van der Waals surface area contributed by atoms with Gasteiger partial charge in [-0.05, 0) is 48.6 Å². The van der Waals surface area contributed by atoms with E-state index in [1.807, 2.05) is 12.1 Å². The summed E-state index contributed by atoms with van der Waals surface area (Å²) < 4.78 is 5.08. The largest absolute Gasteiger partial charge is 0.463 e. The molecule has 0 bridgehead atoms. The third-order valence-corrected chi connectivity index (χ3v) is 2.45. The Kier molecular flexibility index (Phi) is 4.33. The molecule has 0 aliphatic carbocycles. The predicted octanol–water partition coefficient (Wildman–Crippen LogP) is 3.25. The molecule has 0 aliphatic heterocycles. The van der Waals surface area contributed by atoms with Crippen molar-refractivity contribution in [2.45, 2.75) is 0 Å². The van der Waals surface area contributed by atoms with Gasteiger partial charge in [-0.15, -0.1) is 0 Å². The van der Waals surface area contributed by atoms with Gasteiger partial charge in [0.2, 0.25) is 0 Å². The number of hydrogen-bond donors (Lipinski definition) is 2. The topological polar surface area (TPSA) is 49.6 Å². The minimum absolute atomic E-state index is 0.389. The van der Waals surface area contributed by atoms with Crippen LogP contribution < -0.4 is 10.7 Å². The molecular formula is C12H10ClN3OS. The maximum Gasteiger partial charge on any atom is 0.191 e. The molecule has 2 aromatic rings. The highest BCUT2D eigenvalue weighted by molar-refractivity contribution is 7.80. The Morgan fingerprint density at radius 2 is 2.06 bits per heavy atom. The van der Waals surface area contributed by atoms with Crippen LogP contribution in [0, 0.1) is 0 Å². The van der Waals surface area contributed by atoms with Gasteiger partial charge in [-0.2, -0.15) is 5.10 Å². The van der Waals surface area contributed by atoms with E-state index in [1.165, 1.54) is 6.21 Å². The molecule has 0 radical (unpaired) electrons. The second kappa shape index (κ2) is 6.18. The summed E-state index contributed by atoms with van der Waals surface area (Å²) in [5.74, 6) is 0.650. The zero-order valence-electron chi connectivity index (χ0n) is 9.26. The van der Waals surface area contributed by atoms with Gasteiger partial charge in [0, 0.05) is 10.7 Å². The first kappa shape index (κ1) is 12.6. The summed E-state index contributed by atoms with van der Waals surface area (Å²) in [5.41, 5.74) is 3.52. The molecule has 0 unspecified atom stereocenters. The lowest BCUT2D eigenvalue weighted by Gasteiger charge is -2.06. The summed E-state index contributed by atoms with van der Waals surface area (Å²) in [6.07, 6.45) is 3.11. The average molecular weight is 280 g/mol. The van der Waals surface area contributed by atoms with Gasteiger partial charge in [0.25, 0.3) is 0 Å². The predicted molar refractivity (Wildman–Crippen MR) is 77.1 cm³/mol. The average Bonchev–Trinajstić information content (AvgIpc) is 2.85. The zero-order chi connectivity index (χ0) is 12.8. The zero-order valence-corrected chi connectivity index (χ0v) is 10.8. The molecule has 2 N–H and O–H groups in total. The summed E-state index contributed by atoms with van der Waals surface area (Å²) >= 11 is 10.8. The molecule has 18 heavy (non-hydrogen) atoms. The molecule has 0 spiro atoms. The van der Waals surface area contributed by atoms with Crippen LogP contribution in [0.4, 0.5) is 5.69 Å². The number of hydrogen-bond acceptors (Lipinski definition) is 3. The highest BCUT2D eigenvalue weighted by atomic mass is 35.5. The standard InChI is InChI=1S/C12H10ClN3OS/c13-9-3-5-10(6-4-9)15-12(18)16-14-8-11-2-1-7-17-11/h1-8H,(H2,15,16,18)/b14-8+. The van der Waals surface area contributed by atoms with E-state index in [4.69, 9.17) is 28.2 Å². The number of furan rings is 1. The minimum Gasteiger partial charge on any atom is -0.463 e. The van der Waals surface area contributed by atoms with Crippen LogP contribution in [-0.2, 0) is 0 Å². The summed E-state index contributed by atoms with van der Waals surface area (Å²) in [6.45, 7) is 0. The Hall–Kier alpha value is -1.85. The van der Waals surface area contributed by atoms with Crippen molar-refractivity contribution in [1.29, 1.82) is 0 Å². The maximum absolute atomic E-state index is 5.78. The fourth-order valence-electron chi connectivity index (χ4n) is 1.21. The van der Waals surface area contributed by atoms with Crippen molar-refractivity contribution in [2.24, 2.45) is 5.10 Å². The lowest BCUT2D eigenvalue weighted by Crippen LogP contribution is -2.23. The van der Waals surface area contributed by atoms with Crippen LogP contribution in [0.2, 0.25) is 5.02 Å². The Bertz CT molecular complexity index is 537. The number of benzene rings is 1. The highest BCUT2D eigenvalue weighted by Gasteiger charge is 1.96. The number of rotatable bonds is 3. The number of hydrazone groups is 1. The van der Waals surface area contributed by atoms with Gasteiger partial charge >= 0.3 is 0 Å². The van der Waals surface area contributed by atoms with E-state index < -0.39 is 0 Å². The fraction of sp³-hybridized carbons (Fsp3) is 0. The van der Waals surface area contributed by atoms with E-state index in [9.17, 15) is 0 Å². The van der Waals surface area contributed by atoms with Crippen LogP contribution >= 0.6 is 23.8 Å². The van der Waals surface area contributed by atoms with Crippen LogP contribution in [0.5, 0.6) is 0 Å². The first-order valence-corrected chi connectivity index (χ1v) is 5.92. The normalized spacial score (nSPS) is 10.5. The lowest BCUT2D eigenvalue weighted by atomic mass is 10.3. The molecule has 92 valence electrons. The molecular weight excluding hydrogens is 270 g/mol. The molecule has 6 heteroatoms. The van der Waals surface area contributed by atoms with Crippen molar-refractivity contribution < 1.29 is 4.42 Å². The smallest absolute Gasteiger partial charge is 0.191 e. The summed E-state index contributed by atoms with van der Waals surface area (Å²) in [7, 11) is 0. The van der Waals surface area contributed by atoms with Gasteiger partial charge in [0.15, 0.2) is 5.11 Å². The van der Waals surface area contributed by atoms with Crippen molar-refractivity contribution >= 4 is 40.8 Å². The lowest BCUT2D eigenvalue weighted by molar-refractivity contribution is 0.560. The Balaban J connectivity index is 1.84. The molecule has 2 rings (SSSR count). The maximum atomic E-state index is 5.78. The van der Waals surface area contributed by atoms with Gasteiger partial charge in [-0.3, -0.25) is 5.43 Å². The van der Waals surface area contributed by atoms with Gasteiger partial charge in [-0.1, -0.05) is 11.6 Å². The van der Waals surface area contributed by atoms with Crippen LogP contribution in [0.3, 0.4) is 0 Å². The Morgan fingerprint density at radius 3 is 2.72 bits per heavy atom. The molecule has 1 aromatic carbocycles. The van der Waals surface area contributed by atoms with Gasteiger partial charge in [0.05, 0.1) is 12.5 Å². The van der Waals surface area contributed by atoms with E-state index in [-0.39, 0.29) is 0 Å². The van der Waals surface area contributed by atoms with Crippen LogP contribution in [0.15, 0.2) is 52.2 Å². The molecule has 4 nitrogen and oxygen atoms in total. The monoisotopic (exact) mass is 279 g/mol.